The van der Waals surface area contributed by atoms with Crippen LogP contribution < -0.4 is 0 Å². The molecular formula is C16H26N2O3S. The van der Waals surface area contributed by atoms with Crippen LogP contribution >= 0.6 is 0 Å². The first kappa shape index (κ1) is 17.4. The number of ether oxygens (including phenoxy) is 1. The Morgan fingerprint density at radius 3 is 2.32 bits per heavy atom. The average Bonchev–Trinajstić information content (AvgIpc) is 2.42. The second kappa shape index (κ2) is 7.55. The van der Waals surface area contributed by atoms with Crippen molar-refractivity contribution < 1.29 is 13.2 Å². The van der Waals surface area contributed by atoms with E-state index < -0.39 is 10.0 Å². The van der Waals surface area contributed by atoms with E-state index in [-0.39, 0.29) is 12.2 Å². The van der Waals surface area contributed by atoms with Gasteiger partial charge in [-0.15, -0.1) is 0 Å². The van der Waals surface area contributed by atoms with Gasteiger partial charge >= 0.3 is 0 Å². The minimum atomic E-state index is -3.22. The quantitative estimate of drug-likeness (QED) is 0.796. The molecule has 1 heterocycles. The molecule has 6 heteroatoms. The minimum Gasteiger partial charge on any atom is -0.373 e. The van der Waals surface area contributed by atoms with E-state index in [0.717, 1.165) is 25.2 Å². The smallest absolute Gasteiger partial charge is 0.211 e. The normalized spacial score (nSPS) is 23.8. The van der Waals surface area contributed by atoms with Crippen LogP contribution in [0, 0.1) is 0 Å². The fourth-order valence-corrected chi connectivity index (χ4v) is 3.67. The molecule has 0 amide bonds. The lowest BCUT2D eigenvalue weighted by Crippen LogP contribution is -2.48. The second-order valence-electron chi connectivity index (χ2n) is 6.10. The lowest BCUT2D eigenvalue weighted by molar-refractivity contribution is -0.0683. The highest BCUT2D eigenvalue weighted by atomic mass is 32.2. The van der Waals surface area contributed by atoms with E-state index in [1.807, 2.05) is 30.3 Å². The van der Waals surface area contributed by atoms with Crippen LogP contribution in [0.5, 0.6) is 0 Å². The fourth-order valence-electron chi connectivity index (χ4n) is 2.87. The number of sulfonamides is 1. The van der Waals surface area contributed by atoms with E-state index in [2.05, 4.69) is 18.7 Å². The van der Waals surface area contributed by atoms with Gasteiger partial charge in [0.2, 0.25) is 10.0 Å². The molecule has 0 aliphatic carbocycles. The molecule has 1 fully saturated rings. The van der Waals surface area contributed by atoms with E-state index in [9.17, 15) is 8.42 Å². The van der Waals surface area contributed by atoms with Crippen molar-refractivity contribution in [1.29, 1.82) is 0 Å². The van der Waals surface area contributed by atoms with Gasteiger partial charge in [0.05, 0.1) is 18.5 Å². The third kappa shape index (κ3) is 5.35. The predicted octanol–water partition coefficient (Wildman–Crippen LogP) is 1.56. The molecule has 0 unspecified atom stereocenters. The zero-order chi connectivity index (χ0) is 16.2. The van der Waals surface area contributed by atoms with Gasteiger partial charge in [0.1, 0.15) is 0 Å². The first-order chi connectivity index (χ1) is 10.3. The summed E-state index contributed by atoms with van der Waals surface area (Å²) in [5.41, 5.74) is 1.01. The molecule has 0 spiro atoms. The van der Waals surface area contributed by atoms with Crippen LogP contribution in [-0.4, -0.2) is 62.3 Å². The molecule has 1 aromatic carbocycles. The Bertz CT molecular complexity index is 552. The molecule has 124 valence electrons. The van der Waals surface area contributed by atoms with E-state index in [1.54, 1.807) is 4.31 Å². The highest BCUT2D eigenvalue weighted by molar-refractivity contribution is 7.88. The van der Waals surface area contributed by atoms with Crippen LogP contribution in [0.25, 0.3) is 0 Å². The van der Waals surface area contributed by atoms with E-state index in [0.29, 0.717) is 13.1 Å². The molecule has 1 aliphatic rings. The first-order valence-electron chi connectivity index (χ1n) is 7.71. The van der Waals surface area contributed by atoms with Gasteiger partial charge in [0.25, 0.3) is 0 Å². The Kier molecular flexibility index (Phi) is 5.97. The summed E-state index contributed by atoms with van der Waals surface area (Å²) in [5.74, 6) is 0. The first-order valence-corrected chi connectivity index (χ1v) is 9.56. The van der Waals surface area contributed by atoms with E-state index in [1.165, 1.54) is 6.26 Å². The summed E-state index contributed by atoms with van der Waals surface area (Å²) >= 11 is 0. The van der Waals surface area contributed by atoms with Crippen LogP contribution in [0.15, 0.2) is 30.3 Å². The Morgan fingerprint density at radius 1 is 1.18 bits per heavy atom. The molecule has 0 saturated carbocycles. The van der Waals surface area contributed by atoms with Crippen molar-refractivity contribution in [3.63, 3.8) is 0 Å². The summed E-state index contributed by atoms with van der Waals surface area (Å²) < 4.78 is 31.3. The van der Waals surface area contributed by atoms with Crippen molar-refractivity contribution in [2.24, 2.45) is 0 Å². The van der Waals surface area contributed by atoms with E-state index >= 15 is 0 Å². The van der Waals surface area contributed by atoms with Gasteiger partial charge in [-0.25, -0.2) is 8.42 Å². The van der Waals surface area contributed by atoms with Crippen molar-refractivity contribution in [3.05, 3.63) is 35.9 Å². The molecule has 1 aliphatic heterocycles. The number of hydrogen-bond donors (Lipinski definition) is 0. The zero-order valence-electron chi connectivity index (χ0n) is 13.6. The Morgan fingerprint density at radius 2 is 1.77 bits per heavy atom. The van der Waals surface area contributed by atoms with Crippen LogP contribution in [0.2, 0.25) is 0 Å². The zero-order valence-corrected chi connectivity index (χ0v) is 14.4. The Balaban J connectivity index is 1.96. The molecule has 1 aromatic rings. The number of rotatable bonds is 6. The third-order valence-corrected chi connectivity index (χ3v) is 5.08. The predicted molar refractivity (Wildman–Crippen MR) is 88.1 cm³/mol. The van der Waals surface area contributed by atoms with Crippen molar-refractivity contribution in [2.75, 3.05) is 32.4 Å². The summed E-state index contributed by atoms with van der Waals surface area (Å²) in [7, 11) is -3.22. The maximum Gasteiger partial charge on any atom is 0.211 e. The number of hydrogen-bond acceptors (Lipinski definition) is 4. The van der Waals surface area contributed by atoms with Gasteiger partial charge in [-0.1, -0.05) is 30.3 Å². The SMILES string of the molecule is C[C@@H]1CN(CCN(Cc2ccccc2)S(C)(=O)=O)C[C@H](C)O1. The highest BCUT2D eigenvalue weighted by Gasteiger charge is 2.24. The van der Waals surface area contributed by atoms with Crippen molar-refractivity contribution in [2.45, 2.75) is 32.6 Å². The Labute approximate surface area is 133 Å². The number of nitrogens with zero attached hydrogens (tertiary/aromatic N) is 2. The fraction of sp³-hybridized carbons (Fsp3) is 0.625. The van der Waals surface area contributed by atoms with E-state index in [4.69, 9.17) is 4.74 Å². The molecular weight excluding hydrogens is 300 g/mol. The monoisotopic (exact) mass is 326 g/mol. The van der Waals surface area contributed by atoms with Gasteiger partial charge in [0, 0.05) is 32.7 Å². The van der Waals surface area contributed by atoms with Gasteiger partial charge in [-0.05, 0) is 19.4 Å². The molecule has 0 N–H and O–H groups in total. The summed E-state index contributed by atoms with van der Waals surface area (Å²) in [5, 5.41) is 0. The van der Waals surface area contributed by atoms with Crippen LogP contribution in [-0.2, 0) is 21.3 Å². The minimum absolute atomic E-state index is 0.199. The lowest BCUT2D eigenvalue weighted by Gasteiger charge is -2.36. The van der Waals surface area contributed by atoms with Gasteiger partial charge < -0.3 is 4.74 Å². The summed E-state index contributed by atoms with van der Waals surface area (Å²) in [6.07, 6.45) is 1.68. The van der Waals surface area contributed by atoms with Gasteiger partial charge in [-0.3, -0.25) is 4.90 Å². The third-order valence-electron chi connectivity index (χ3n) is 3.83. The van der Waals surface area contributed by atoms with Gasteiger partial charge in [-0.2, -0.15) is 4.31 Å². The van der Waals surface area contributed by atoms with Crippen LogP contribution in [0.3, 0.4) is 0 Å². The highest BCUT2D eigenvalue weighted by Crippen LogP contribution is 2.12. The maximum absolute atomic E-state index is 12.0. The standard InChI is InChI=1S/C16H26N2O3S/c1-14-11-17(12-15(2)21-14)9-10-18(22(3,19)20)13-16-7-5-4-6-8-16/h4-8,14-15H,9-13H2,1-3H3/t14-,15+. The molecule has 22 heavy (non-hydrogen) atoms. The molecule has 0 radical (unpaired) electrons. The van der Waals surface area contributed by atoms with Gasteiger partial charge in [0.15, 0.2) is 0 Å². The maximum atomic E-state index is 12.0. The summed E-state index contributed by atoms with van der Waals surface area (Å²) in [4.78, 5) is 2.28. The molecule has 2 atom stereocenters. The molecule has 0 aromatic heterocycles. The van der Waals surface area contributed by atoms with Crippen molar-refractivity contribution >= 4 is 10.0 Å². The van der Waals surface area contributed by atoms with Crippen molar-refractivity contribution in [1.82, 2.24) is 9.21 Å². The Hall–Kier alpha value is -0.950. The van der Waals surface area contributed by atoms with Crippen LogP contribution in [0.1, 0.15) is 19.4 Å². The lowest BCUT2D eigenvalue weighted by atomic mass is 10.2. The number of benzene rings is 1. The van der Waals surface area contributed by atoms with Crippen molar-refractivity contribution in [3.8, 4) is 0 Å². The largest absolute Gasteiger partial charge is 0.373 e. The second-order valence-corrected chi connectivity index (χ2v) is 8.08. The van der Waals surface area contributed by atoms with Crippen LogP contribution in [0.4, 0.5) is 0 Å². The molecule has 0 bridgehead atoms. The summed E-state index contributed by atoms with van der Waals surface area (Å²) in [6, 6.07) is 9.71. The average molecular weight is 326 g/mol. The molecule has 5 nitrogen and oxygen atoms in total. The topological polar surface area (TPSA) is 49.9 Å². The number of morpholine rings is 1. The molecule has 1 saturated heterocycles. The molecule has 2 rings (SSSR count). The summed E-state index contributed by atoms with van der Waals surface area (Å²) in [6.45, 7) is 7.49.